The van der Waals surface area contributed by atoms with Gasteiger partial charge in [-0.3, -0.25) is 4.79 Å². The monoisotopic (exact) mass is 360 g/mol. The zero-order valence-corrected chi connectivity index (χ0v) is 15.7. The summed E-state index contributed by atoms with van der Waals surface area (Å²) in [6.45, 7) is 8.34. The Morgan fingerprint density at radius 2 is 2.08 bits per heavy atom. The van der Waals surface area contributed by atoms with E-state index in [1.807, 2.05) is 26.0 Å². The topological polar surface area (TPSA) is 75.9 Å². The normalized spacial score (nSPS) is 14.3. The van der Waals surface area contributed by atoms with Crippen LogP contribution in [0.15, 0.2) is 23.4 Å². The number of carbonyl (C=O) groups is 1. The van der Waals surface area contributed by atoms with Gasteiger partial charge in [0, 0.05) is 24.5 Å². The van der Waals surface area contributed by atoms with Crippen LogP contribution in [0.5, 0.6) is 0 Å². The number of nitrogens with one attached hydrogen (secondary N) is 1. The van der Waals surface area contributed by atoms with Gasteiger partial charge in [0.05, 0.1) is 11.8 Å². The lowest BCUT2D eigenvalue weighted by atomic mass is 10.1. The van der Waals surface area contributed by atoms with Crippen LogP contribution in [0.3, 0.4) is 0 Å². The van der Waals surface area contributed by atoms with E-state index in [-0.39, 0.29) is 17.7 Å². The molecule has 1 fully saturated rings. The summed E-state index contributed by atoms with van der Waals surface area (Å²) in [6.07, 6.45) is 2.51. The number of hydrogen-bond acceptors (Lipinski definition) is 6. The lowest BCUT2D eigenvalue weighted by Crippen LogP contribution is -2.19. The Morgan fingerprint density at radius 1 is 1.32 bits per heavy atom. The molecule has 0 atom stereocenters. The van der Waals surface area contributed by atoms with Gasteiger partial charge in [-0.05, 0) is 67.8 Å². The molecule has 0 aliphatic carbocycles. The summed E-state index contributed by atoms with van der Waals surface area (Å²) in [5, 5.41) is 15.2. The fourth-order valence-electron chi connectivity index (χ4n) is 2.98. The van der Waals surface area contributed by atoms with Gasteiger partial charge >= 0.3 is 0 Å². The van der Waals surface area contributed by atoms with E-state index in [2.05, 4.69) is 38.7 Å². The highest BCUT2D eigenvalue weighted by molar-refractivity contribution is 7.99. The number of aromatic nitrogens is 4. The molecule has 0 bridgehead atoms. The van der Waals surface area contributed by atoms with Crippen molar-refractivity contribution < 1.29 is 4.79 Å². The van der Waals surface area contributed by atoms with Crippen molar-refractivity contribution in [1.82, 2.24) is 20.2 Å². The van der Waals surface area contributed by atoms with Gasteiger partial charge in [-0.1, -0.05) is 11.8 Å². The average molecular weight is 360 g/mol. The molecule has 2 heterocycles. The number of anilines is 2. The maximum atomic E-state index is 12.2. The molecule has 1 saturated heterocycles. The van der Waals surface area contributed by atoms with Crippen LogP contribution in [0.2, 0.25) is 0 Å². The van der Waals surface area contributed by atoms with Crippen molar-refractivity contribution in [3.8, 4) is 0 Å². The van der Waals surface area contributed by atoms with Crippen LogP contribution in [-0.2, 0) is 4.79 Å². The Kier molecular flexibility index (Phi) is 5.57. The summed E-state index contributed by atoms with van der Waals surface area (Å²) in [5.41, 5.74) is 3.28. The molecule has 2 aromatic rings. The zero-order chi connectivity index (χ0) is 17.8. The maximum Gasteiger partial charge on any atom is 0.234 e. The maximum absolute atomic E-state index is 12.2. The van der Waals surface area contributed by atoms with Crippen molar-refractivity contribution in [2.75, 3.05) is 29.1 Å². The third-order valence-electron chi connectivity index (χ3n) is 4.21. The van der Waals surface area contributed by atoms with Crippen LogP contribution in [0, 0.1) is 6.92 Å². The molecule has 0 unspecified atom stereocenters. The van der Waals surface area contributed by atoms with Crippen LogP contribution in [-0.4, -0.2) is 45.0 Å². The Labute approximate surface area is 152 Å². The summed E-state index contributed by atoms with van der Waals surface area (Å²) in [4.78, 5) is 14.6. The highest BCUT2D eigenvalue weighted by Crippen LogP contribution is 2.27. The molecule has 1 aliphatic heterocycles. The second kappa shape index (κ2) is 7.86. The molecule has 134 valence electrons. The number of amides is 1. The molecule has 25 heavy (non-hydrogen) atoms. The molecule has 1 N–H and O–H groups in total. The molecule has 3 rings (SSSR count). The van der Waals surface area contributed by atoms with E-state index in [4.69, 9.17) is 0 Å². The minimum atomic E-state index is -0.0587. The first-order chi connectivity index (χ1) is 12.0. The second-order valence-electron chi connectivity index (χ2n) is 6.53. The van der Waals surface area contributed by atoms with E-state index >= 15 is 0 Å². The number of hydrogen-bond donors (Lipinski definition) is 1. The Hall–Kier alpha value is -2.09. The molecule has 1 amide bonds. The van der Waals surface area contributed by atoms with Gasteiger partial charge in [0.2, 0.25) is 11.1 Å². The number of aryl methyl sites for hydroxylation is 1. The third kappa shape index (κ3) is 4.31. The number of tetrazole rings is 1. The van der Waals surface area contributed by atoms with Crippen LogP contribution >= 0.6 is 11.8 Å². The molecule has 8 heteroatoms. The predicted molar refractivity (Wildman–Crippen MR) is 100 cm³/mol. The Bertz CT molecular complexity index is 738. The van der Waals surface area contributed by atoms with Crippen molar-refractivity contribution in [1.29, 1.82) is 0 Å². The van der Waals surface area contributed by atoms with Crippen molar-refractivity contribution in [3.05, 3.63) is 23.8 Å². The lowest BCUT2D eigenvalue weighted by Gasteiger charge is -2.20. The van der Waals surface area contributed by atoms with Gasteiger partial charge in [0.1, 0.15) is 0 Å². The standard InChI is InChI=1S/C17H24N6OS/c1-12(2)23-17(19-20-21-23)25-11-16(24)18-14-6-7-15(13(3)10-14)22-8-4-5-9-22/h6-7,10,12H,4-5,8-9,11H2,1-3H3,(H,18,24). The van der Waals surface area contributed by atoms with Gasteiger partial charge in [-0.15, -0.1) is 5.10 Å². The summed E-state index contributed by atoms with van der Waals surface area (Å²) in [7, 11) is 0. The fourth-order valence-corrected chi connectivity index (χ4v) is 3.78. The number of nitrogens with zero attached hydrogens (tertiary/aromatic N) is 5. The summed E-state index contributed by atoms with van der Waals surface area (Å²) < 4.78 is 1.72. The lowest BCUT2D eigenvalue weighted by molar-refractivity contribution is -0.113. The molecular weight excluding hydrogens is 336 g/mol. The molecule has 0 saturated carbocycles. The quantitative estimate of drug-likeness (QED) is 0.798. The van der Waals surface area contributed by atoms with E-state index in [0.29, 0.717) is 5.16 Å². The Balaban J connectivity index is 1.57. The molecule has 7 nitrogen and oxygen atoms in total. The summed E-state index contributed by atoms with van der Waals surface area (Å²) in [5.74, 6) is 0.219. The van der Waals surface area contributed by atoms with Crippen LogP contribution in [0.25, 0.3) is 0 Å². The third-order valence-corrected chi connectivity index (χ3v) is 5.14. The minimum absolute atomic E-state index is 0.0587. The van der Waals surface area contributed by atoms with Gasteiger partial charge in [0.25, 0.3) is 0 Å². The smallest absolute Gasteiger partial charge is 0.234 e. The van der Waals surface area contributed by atoms with Crippen molar-refractivity contribution in [2.24, 2.45) is 0 Å². The molecule has 0 spiro atoms. The van der Waals surface area contributed by atoms with Gasteiger partial charge in [-0.25, -0.2) is 4.68 Å². The number of rotatable bonds is 6. The van der Waals surface area contributed by atoms with Crippen molar-refractivity contribution in [2.45, 2.75) is 44.8 Å². The molecule has 1 aromatic heterocycles. The highest BCUT2D eigenvalue weighted by Gasteiger charge is 2.15. The highest BCUT2D eigenvalue weighted by atomic mass is 32.2. The molecule has 1 aromatic carbocycles. The summed E-state index contributed by atoms with van der Waals surface area (Å²) >= 11 is 1.34. The first-order valence-corrected chi connectivity index (χ1v) is 9.59. The number of thioether (sulfide) groups is 1. The van der Waals surface area contributed by atoms with E-state index in [1.54, 1.807) is 4.68 Å². The van der Waals surface area contributed by atoms with Gasteiger partial charge in [0.15, 0.2) is 0 Å². The van der Waals surface area contributed by atoms with Gasteiger partial charge in [-0.2, -0.15) is 0 Å². The van der Waals surface area contributed by atoms with Crippen LogP contribution < -0.4 is 10.2 Å². The van der Waals surface area contributed by atoms with Crippen molar-refractivity contribution in [3.63, 3.8) is 0 Å². The van der Waals surface area contributed by atoms with Gasteiger partial charge < -0.3 is 10.2 Å². The first-order valence-electron chi connectivity index (χ1n) is 8.60. The zero-order valence-electron chi connectivity index (χ0n) is 14.9. The van der Waals surface area contributed by atoms with E-state index in [9.17, 15) is 4.79 Å². The summed E-state index contributed by atoms with van der Waals surface area (Å²) in [6, 6.07) is 6.28. The predicted octanol–water partition coefficient (Wildman–Crippen LogP) is 2.89. The average Bonchev–Trinajstić information content (AvgIpc) is 3.24. The Morgan fingerprint density at radius 3 is 2.76 bits per heavy atom. The van der Waals surface area contributed by atoms with E-state index in [0.717, 1.165) is 18.8 Å². The first kappa shape index (κ1) is 17.7. The van der Waals surface area contributed by atoms with Crippen LogP contribution in [0.1, 0.15) is 38.3 Å². The molecule has 0 radical (unpaired) electrons. The SMILES string of the molecule is Cc1cc(NC(=O)CSc2nnnn2C(C)C)ccc1N1CCCC1. The van der Waals surface area contributed by atoms with E-state index in [1.165, 1.54) is 35.9 Å². The number of benzene rings is 1. The fraction of sp³-hybridized carbons (Fsp3) is 0.529. The molecule has 1 aliphatic rings. The number of carbonyl (C=O) groups excluding carboxylic acids is 1. The largest absolute Gasteiger partial charge is 0.371 e. The minimum Gasteiger partial charge on any atom is -0.371 e. The van der Waals surface area contributed by atoms with Crippen molar-refractivity contribution >= 4 is 29.0 Å². The second-order valence-corrected chi connectivity index (χ2v) is 7.47. The molecular formula is C17H24N6OS. The van der Waals surface area contributed by atoms with E-state index < -0.39 is 0 Å². The van der Waals surface area contributed by atoms with Crippen LogP contribution in [0.4, 0.5) is 11.4 Å².